The zero-order valence-electron chi connectivity index (χ0n) is 14.8. The molecule has 1 aliphatic carbocycles. The smallest absolute Gasteiger partial charge is 0.00703 e. The van der Waals surface area contributed by atoms with Gasteiger partial charge in [0.1, 0.15) is 0 Å². The number of allylic oxidation sites excluding steroid dienone is 4. The van der Waals surface area contributed by atoms with Gasteiger partial charge in [0.15, 0.2) is 0 Å². The minimum atomic E-state index is 1.23. The van der Waals surface area contributed by atoms with E-state index in [4.69, 9.17) is 0 Å². The van der Waals surface area contributed by atoms with E-state index in [0.29, 0.717) is 0 Å². The minimum absolute atomic E-state index is 1.23. The second-order valence-corrected chi connectivity index (χ2v) is 7.09. The molecule has 0 aromatic rings. The second kappa shape index (κ2) is 17.9. The minimum Gasteiger partial charge on any atom is -0.165 e. The highest BCUT2D eigenvalue weighted by Gasteiger charge is 1.91. The van der Waals surface area contributed by atoms with Crippen LogP contribution in [0.15, 0.2) is 23.8 Å². The Morgan fingerprint density at radius 3 is 1.81 bits per heavy atom. The Kier molecular flexibility index (Phi) is 17.7. The van der Waals surface area contributed by atoms with Gasteiger partial charge in [-0.25, -0.2) is 0 Å². The molecule has 124 valence electrons. The van der Waals surface area contributed by atoms with E-state index in [1.54, 1.807) is 0 Å². The molecule has 1 heteroatoms. The van der Waals surface area contributed by atoms with Crippen molar-refractivity contribution in [2.75, 3.05) is 12.0 Å². The van der Waals surface area contributed by atoms with Crippen molar-refractivity contribution in [1.82, 2.24) is 0 Å². The molecular formula is C20H38S. The van der Waals surface area contributed by atoms with Gasteiger partial charge in [0.25, 0.3) is 0 Å². The van der Waals surface area contributed by atoms with Crippen molar-refractivity contribution in [2.45, 2.75) is 90.9 Å². The first-order chi connectivity index (χ1) is 10.3. The van der Waals surface area contributed by atoms with Gasteiger partial charge in [-0.1, -0.05) is 88.5 Å². The molecule has 0 saturated heterocycles. The second-order valence-electron chi connectivity index (χ2n) is 6.10. The lowest BCUT2D eigenvalue weighted by atomic mass is 10.1. The van der Waals surface area contributed by atoms with E-state index in [1.807, 2.05) is 11.8 Å². The molecule has 0 aromatic heterocycles. The van der Waals surface area contributed by atoms with Gasteiger partial charge >= 0.3 is 0 Å². The molecule has 0 fully saturated rings. The van der Waals surface area contributed by atoms with Crippen LogP contribution in [0.4, 0.5) is 0 Å². The van der Waals surface area contributed by atoms with Gasteiger partial charge in [0, 0.05) is 0 Å². The van der Waals surface area contributed by atoms with E-state index in [1.165, 1.54) is 88.4 Å². The highest BCUT2D eigenvalue weighted by Crippen LogP contribution is 2.11. The predicted octanol–water partition coefficient (Wildman–Crippen LogP) is 7.55. The third-order valence-electron chi connectivity index (χ3n) is 3.88. The molecule has 0 nitrogen and oxygen atoms in total. The highest BCUT2D eigenvalue weighted by atomic mass is 32.2. The SMILES string of the molecule is CC1=CCCC=C1.CCCCCCCCCCCCSC. The van der Waals surface area contributed by atoms with Crippen molar-refractivity contribution in [3.05, 3.63) is 23.8 Å². The molecule has 0 aromatic carbocycles. The molecule has 0 spiro atoms. The summed E-state index contributed by atoms with van der Waals surface area (Å²) in [5.41, 5.74) is 1.41. The summed E-state index contributed by atoms with van der Waals surface area (Å²) in [7, 11) is 0. The summed E-state index contributed by atoms with van der Waals surface area (Å²) in [5, 5.41) is 0. The fraction of sp³-hybridized carbons (Fsp3) is 0.800. The summed E-state index contributed by atoms with van der Waals surface area (Å²) in [6, 6.07) is 0. The lowest BCUT2D eigenvalue weighted by molar-refractivity contribution is 0.563. The maximum atomic E-state index is 2.28. The molecule has 0 bridgehead atoms. The average molecular weight is 311 g/mol. The van der Waals surface area contributed by atoms with E-state index < -0.39 is 0 Å². The van der Waals surface area contributed by atoms with Gasteiger partial charge in [0.2, 0.25) is 0 Å². The van der Waals surface area contributed by atoms with Gasteiger partial charge in [0.05, 0.1) is 0 Å². The molecule has 0 unspecified atom stereocenters. The summed E-state index contributed by atoms with van der Waals surface area (Å²) in [6.45, 7) is 4.42. The van der Waals surface area contributed by atoms with Crippen LogP contribution in [0, 0.1) is 0 Å². The van der Waals surface area contributed by atoms with Gasteiger partial charge in [-0.3, -0.25) is 0 Å². The standard InChI is InChI=1S/C13H28S.C7H10/c1-3-4-5-6-7-8-9-10-11-12-13-14-2;1-7-5-3-2-4-6-7/h3-13H2,1-2H3;3,5-6H,2,4H2,1H3. The van der Waals surface area contributed by atoms with Gasteiger partial charge in [-0.2, -0.15) is 11.8 Å². The van der Waals surface area contributed by atoms with E-state index in [0.717, 1.165) is 0 Å². The number of rotatable bonds is 11. The Balaban J connectivity index is 0.000000471. The topological polar surface area (TPSA) is 0 Å². The van der Waals surface area contributed by atoms with Crippen LogP contribution >= 0.6 is 11.8 Å². The fourth-order valence-electron chi connectivity index (χ4n) is 2.48. The first kappa shape index (κ1) is 20.8. The molecule has 0 saturated carbocycles. The number of hydrogen-bond acceptors (Lipinski definition) is 1. The molecule has 0 aliphatic heterocycles. The van der Waals surface area contributed by atoms with Gasteiger partial charge < -0.3 is 0 Å². The monoisotopic (exact) mass is 310 g/mol. The summed E-state index contributed by atoms with van der Waals surface area (Å²) in [5.74, 6) is 1.36. The Bertz CT molecular complexity index is 241. The Morgan fingerprint density at radius 2 is 1.43 bits per heavy atom. The highest BCUT2D eigenvalue weighted by molar-refractivity contribution is 7.98. The molecule has 0 amide bonds. The summed E-state index contributed by atoms with van der Waals surface area (Å²) in [4.78, 5) is 0. The van der Waals surface area contributed by atoms with Crippen LogP contribution in [0.5, 0.6) is 0 Å². The predicted molar refractivity (Wildman–Crippen MR) is 102 cm³/mol. The lowest BCUT2D eigenvalue weighted by Crippen LogP contribution is -1.82. The Hall–Kier alpha value is -0.170. The molecule has 0 heterocycles. The molecule has 0 atom stereocenters. The molecular weight excluding hydrogens is 272 g/mol. The van der Waals surface area contributed by atoms with Crippen molar-refractivity contribution in [3.8, 4) is 0 Å². The van der Waals surface area contributed by atoms with Crippen molar-refractivity contribution >= 4 is 11.8 Å². The zero-order valence-corrected chi connectivity index (χ0v) is 15.6. The number of unbranched alkanes of at least 4 members (excludes halogenated alkanes) is 9. The third kappa shape index (κ3) is 17.8. The Labute approximate surface area is 138 Å². The Morgan fingerprint density at radius 1 is 0.857 bits per heavy atom. The quantitative estimate of drug-likeness (QED) is 0.355. The van der Waals surface area contributed by atoms with Gasteiger partial charge in [-0.05, 0) is 38.2 Å². The van der Waals surface area contributed by atoms with Crippen LogP contribution in [-0.2, 0) is 0 Å². The first-order valence-corrected chi connectivity index (χ1v) is 10.5. The van der Waals surface area contributed by atoms with Crippen molar-refractivity contribution < 1.29 is 0 Å². The van der Waals surface area contributed by atoms with Crippen LogP contribution in [0.1, 0.15) is 90.9 Å². The summed E-state index contributed by atoms with van der Waals surface area (Å²) >= 11 is 1.98. The average Bonchev–Trinajstić information content (AvgIpc) is 2.51. The lowest BCUT2D eigenvalue weighted by Gasteiger charge is -2.01. The van der Waals surface area contributed by atoms with Crippen LogP contribution in [0.2, 0.25) is 0 Å². The molecule has 1 rings (SSSR count). The molecule has 1 aliphatic rings. The summed E-state index contributed by atoms with van der Waals surface area (Å²) < 4.78 is 0. The zero-order chi connectivity index (χ0) is 15.6. The van der Waals surface area contributed by atoms with Crippen LogP contribution in [0.25, 0.3) is 0 Å². The maximum absolute atomic E-state index is 2.28. The maximum Gasteiger partial charge on any atom is -0.00703 e. The molecule has 0 radical (unpaired) electrons. The third-order valence-corrected chi connectivity index (χ3v) is 4.58. The number of hydrogen-bond donors (Lipinski definition) is 0. The van der Waals surface area contributed by atoms with E-state index in [2.05, 4.69) is 38.3 Å². The normalized spacial score (nSPS) is 13.6. The van der Waals surface area contributed by atoms with E-state index in [-0.39, 0.29) is 0 Å². The van der Waals surface area contributed by atoms with Crippen molar-refractivity contribution in [2.24, 2.45) is 0 Å². The summed E-state index contributed by atoms with van der Waals surface area (Å²) in [6.07, 6.45) is 25.8. The van der Waals surface area contributed by atoms with Gasteiger partial charge in [-0.15, -0.1) is 0 Å². The van der Waals surface area contributed by atoms with Crippen molar-refractivity contribution in [3.63, 3.8) is 0 Å². The van der Waals surface area contributed by atoms with E-state index in [9.17, 15) is 0 Å². The fourth-order valence-corrected chi connectivity index (χ4v) is 2.97. The van der Waals surface area contributed by atoms with Crippen LogP contribution in [0.3, 0.4) is 0 Å². The van der Waals surface area contributed by atoms with Crippen LogP contribution < -0.4 is 0 Å². The van der Waals surface area contributed by atoms with Crippen molar-refractivity contribution in [1.29, 1.82) is 0 Å². The largest absolute Gasteiger partial charge is 0.165 e. The molecule has 0 N–H and O–H groups in total. The van der Waals surface area contributed by atoms with E-state index >= 15 is 0 Å². The van der Waals surface area contributed by atoms with Crippen LogP contribution in [-0.4, -0.2) is 12.0 Å². The molecule has 21 heavy (non-hydrogen) atoms. The number of thioether (sulfide) groups is 1. The first-order valence-electron chi connectivity index (χ1n) is 9.13.